The first kappa shape index (κ1) is 25.4. The minimum absolute atomic E-state index is 0.0322. The number of alkyl halides is 3. The number of nitrogens with one attached hydrogen (secondary N) is 2. The fourth-order valence-electron chi connectivity index (χ4n) is 3.63. The Morgan fingerprint density at radius 1 is 0.974 bits per heavy atom. The molecule has 0 aliphatic rings. The molecule has 0 aliphatic heterocycles. The van der Waals surface area contributed by atoms with Gasteiger partial charge in [-0.3, -0.25) is 0 Å². The molecule has 10 nitrogen and oxygen atoms in total. The Balaban J connectivity index is 1.22. The number of rotatable bonds is 6. The lowest BCUT2D eigenvalue weighted by molar-refractivity contribution is -0.137. The van der Waals surface area contributed by atoms with Crippen LogP contribution in [-0.2, 0) is 6.18 Å². The highest BCUT2D eigenvalue weighted by molar-refractivity contribution is 6.00. The van der Waals surface area contributed by atoms with E-state index in [-0.39, 0.29) is 17.4 Å². The second-order valence-corrected chi connectivity index (χ2v) is 8.28. The van der Waals surface area contributed by atoms with Crippen molar-refractivity contribution >= 4 is 23.1 Å². The molecule has 0 radical (unpaired) electrons. The van der Waals surface area contributed by atoms with Crippen molar-refractivity contribution in [3.63, 3.8) is 0 Å². The monoisotopic (exact) mass is 535 g/mol. The number of urea groups is 1. The van der Waals surface area contributed by atoms with Crippen LogP contribution in [0.25, 0.3) is 16.8 Å². The fraction of sp³-hybridized carbons (Fsp3) is 0.115. The van der Waals surface area contributed by atoms with E-state index in [4.69, 9.17) is 9.47 Å². The van der Waals surface area contributed by atoms with Crippen LogP contribution in [-0.4, -0.2) is 37.7 Å². The number of hydrogen-bond acceptors (Lipinski definition) is 7. The molecule has 0 saturated heterocycles. The van der Waals surface area contributed by atoms with Gasteiger partial charge < -0.3 is 20.1 Å². The van der Waals surface area contributed by atoms with Crippen LogP contribution in [0.3, 0.4) is 0 Å². The van der Waals surface area contributed by atoms with Crippen LogP contribution < -0.4 is 20.1 Å². The van der Waals surface area contributed by atoms with Gasteiger partial charge in [0.2, 0.25) is 5.88 Å². The maximum atomic E-state index is 13.0. The number of hydrogen-bond donors (Lipinski definition) is 2. The average molecular weight is 535 g/mol. The standard InChI is InChI=1S/C26H20F3N7O3/c1-15-3-6-17(26(27,28)29)11-21(15)34-24(37)33-18-12-30-25(31-13-18)39-19-7-4-16(5-8-19)20-14-32-36-10-9-22(38-2)35-23(20)36/h3-14H,1-2H3,(H2,33,34,37). The van der Waals surface area contributed by atoms with Crippen molar-refractivity contribution in [1.82, 2.24) is 24.6 Å². The first-order valence-corrected chi connectivity index (χ1v) is 11.4. The van der Waals surface area contributed by atoms with Crippen LogP contribution in [0.15, 0.2) is 73.3 Å². The number of aromatic nitrogens is 5. The van der Waals surface area contributed by atoms with Gasteiger partial charge in [-0.1, -0.05) is 18.2 Å². The summed E-state index contributed by atoms with van der Waals surface area (Å²) in [6.45, 7) is 1.59. The van der Waals surface area contributed by atoms with Gasteiger partial charge in [-0.2, -0.15) is 23.3 Å². The van der Waals surface area contributed by atoms with Crippen LogP contribution >= 0.6 is 0 Å². The van der Waals surface area contributed by atoms with Gasteiger partial charge in [-0.25, -0.2) is 19.3 Å². The first-order valence-electron chi connectivity index (χ1n) is 11.4. The van der Waals surface area contributed by atoms with Crippen molar-refractivity contribution in [1.29, 1.82) is 0 Å². The lowest BCUT2D eigenvalue weighted by Gasteiger charge is -2.13. The molecule has 3 aromatic heterocycles. The highest BCUT2D eigenvalue weighted by atomic mass is 19.4. The maximum Gasteiger partial charge on any atom is 0.416 e. The molecule has 3 heterocycles. The molecule has 39 heavy (non-hydrogen) atoms. The number of carbonyl (C=O) groups is 1. The van der Waals surface area contributed by atoms with Crippen molar-refractivity contribution in [2.45, 2.75) is 13.1 Å². The Labute approximate surface area is 219 Å². The number of nitrogens with zero attached hydrogens (tertiary/aromatic N) is 5. The largest absolute Gasteiger partial charge is 0.481 e. The van der Waals surface area contributed by atoms with E-state index in [1.807, 2.05) is 12.1 Å². The summed E-state index contributed by atoms with van der Waals surface area (Å²) in [7, 11) is 1.54. The molecule has 0 aliphatic carbocycles. The van der Waals surface area contributed by atoms with Crippen molar-refractivity contribution in [2.24, 2.45) is 0 Å². The number of ether oxygens (including phenoxy) is 2. The van der Waals surface area contributed by atoms with Crippen LogP contribution in [0.1, 0.15) is 11.1 Å². The normalized spacial score (nSPS) is 11.3. The molecule has 198 valence electrons. The Morgan fingerprint density at radius 3 is 2.41 bits per heavy atom. The summed E-state index contributed by atoms with van der Waals surface area (Å²) >= 11 is 0. The molecule has 2 aromatic carbocycles. The van der Waals surface area contributed by atoms with E-state index in [2.05, 4.69) is 30.7 Å². The van der Waals surface area contributed by atoms with Crippen molar-refractivity contribution < 1.29 is 27.4 Å². The predicted octanol–water partition coefficient (Wildman–Crippen LogP) is 5.96. The summed E-state index contributed by atoms with van der Waals surface area (Å²) in [5.74, 6) is 0.946. The van der Waals surface area contributed by atoms with Crippen molar-refractivity contribution in [3.8, 4) is 28.8 Å². The predicted molar refractivity (Wildman–Crippen MR) is 136 cm³/mol. The molecular formula is C26H20F3N7O3. The van der Waals surface area contributed by atoms with Gasteiger partial charge in [0.15, 0.2) is 5.65 Å². The molecule has 5 rings (SSSR count). The zero-order valence-corrected chi connectivity index (χ0v) is 20.5. The third kappa shape index (κ3) is 5.71. The van der Waals surface area contributed by atoms with Gasteiger partial charge in [0.1, 0.15) is 5.75 Å². The van der Waals surface area contributed by atoms with Gasteiger partial charge in [0.05, 0.1) is 37.0 Å². The van der Waals surface area contributed by atoms with E-state index in [0.717, 1.165) is 23.3 Å². The molecule has 13 heteroatoms. The number of anilines is 2. The second kappa shape index (κ2) is 10.3. The quantitative estimate of drug-likeness (QED) is 0.276. The first-order chi connectivity index (χ1) is 18.7. The minimum Gasteiger partial charge on any atom is -0.481 e. The number of carbonyl (C=O) groups excluding carboxylic acids is 1. The molecule has 0 spiro atoms. The summed E-state index contributed by atoms with van der Waals surface area (Å²) in [5.41, 5.74) is 2.17. The maximum absolute atomic E-state index is 13.0. The molecular weight excluding hydrogens is 515 g/mol. The third-order valence-corrected chi connectivity index (χ3v) is 5.63. The Hall–Kier alpha value is -5.20. The smallest absolute Gasteiger partial charge is 0.416 e. The molecule has 0 unspecified atom stereocenters. The summed E-state index contributed by atoms with van der Waals surface area (Å²) in [5, 5.41) is 9.18. The molecule has 0 saturated carbocycles. The Kier molecular flexibility index (Phi) is 6.71. The third-order valence-electron chi connectivity index (χ3n) is 5.63. The molecule has 0 atom stereocenters. The van der Waals surface area contributed by atoms with E-state index in [1.165, 1.54) is 18.5 Å². The molecule has 5 aromatic rings. The van der Waals surface area contributed by atoms with Crippen LogP contribution in [0.2, 0.25) is 0 Å². The molecule has 0 bridgehead atoms. The number of fused-ring (bicyclic) bond motifs is 1. The zero-order valence-electron chi connectivity index (χ0n) is 20.5. The number of benzene rings is 2. The molecule has 2 N–H and O–H groups in total. The SMILES string of the molecule is COc1ccn2ncc(-c3ccc(Oc4ncc(NC(=O)Nc5cc(C(F)(F)F)ccc5C)cn4)cc3)c2n1. The number of halogens is 3. The number of amides is 2. The fourth-order valence-corrected chi connectivity index (χ4v) is 3.63. The highest BCUT2D eigenvalue weighted by Gasteiger charge is 2.31. The van der Waals surface area contributed by atoms with E-state index in [1.54, 1.807) is 49.1 Å². The molecule has 0 fully saturated rings. The van der Waals surface area contributed by atoms with Crippen LogP contribution in [0.4, 0.5) is 29.3 Å². The van der Waals surface area contributed by atoms with Crippen LogP contribution in [0, 0.1) is 6.92 Å². The summed E-state index contributed by atoms with van der Waals surface area (Å²) in [4.78, 5) is 24.9. The van der Waals surface area contributed by atoms with Gasteiger partial charge >= 0.3 is 18.2 Å². The van der Waals surface area contributed by atoms with E-state index < -0.39 is 17.8 Å². The van der Waals surface area contributed by atoms with E-state index in [0.29, 0.717) is 22.8 Å². The number of aryl methyl sites for hydroxylation is 1. The Morgan fingerprint density at radius 2 is 1.72 bits per heavy atom. The second-order valence-electron chi connectivity index (χ2n) is 8.28. The van der Waals surface area contributed by atoms with Gasteiger partial charge in [-0.15, -0.1) is 0 Å². The highest BCUT2D eigenvalue weighted by Crippen LogP contribution is 2.32. The summed E-state index contributed by atoms with van der Waals surface area (Å²) in [6.07, 6.45) is 1.57. The topological polar surface area (TPSA) is 116 Å². The number of methoxy groups -OCH3 is 1. The minimum atomic E-state index is -4.52. The lowest BCUT2D eigenvalue weighted by Crippen LogP contribution is -2.20. The van der Waals surface area contributed by atoms with Gasteiger partial charge in [0.25, 0.3) is 0 Å². The van der Waals surface area contributed by atoms with E-state index >= 15 is 0 Å². The van der Waals surface area contributed by atoms with Crippen molar-refractivity contribution in [3.05, 3.63) is 84.4 Å². The van der Waals surface area contributed by atoms with Crippen LogP contribution in [0.5, 0.6) is 17.6 Å². The van der Waals surface area contributed by atoms with Gasteiger partial charge in [-0.05, 0) is 42.3 Å². The Bertz CT molecular complexity index is 1640. The zero-order chi connectivity index (χ0) is 27.6. The summed E-state index contributed by atoms with van der Waals surface area (Å²) in [6, 6.07) is 11.3. The van der Waals surface area contributed by atoms with Gasteiger partial charge in [0, 0.05) is 23.5 Å². The van der Waals surface area contributed by atoms with Crippen molar-refractivity contribution in [2.75, 3.05) is 17.7 Å². The van der Waals surface area contributed by atoms with E-state index in [9.17, 15) is 18.0 Å². The molecule has 2 amide bonds. The average Bonchev–Trinajstić information content (AvgIpc) is 3.34. The lowest BCUT2D eigenvalue weighted by atomic mass is 10.1. The summed E-state index contributed by atoms with van der Waals surface area (Å²) < 4.78 is 51.4.